The summed E-state index contributed by atoms with van der Waals surface area (Å²) in [6, 6.07) is 11.8. The van der Waals surface area contributed by atoms with Gasteiger partial charge in [0.15, 0.2) is 5.16 Å². The van der Waals surface area contributed by atoms with Crippen LogP contribution in [0, 0.1) is 0 Å². The number of rotatable bonds is 9. The fourth-order valence-corrected chi connectivity index (χ4v) is 3.48. The number of carbonyl (C=O) groups excluding carboxylic acids is 1. The zero-order valence-corrected chi connectivity index (χ0v) is 18.2. The van der Waals surface area contributed by atoms with E-state index in [4.69, 9.17) is 14.2 Å². The quantitative estimate of drug-likeness (QED) is 0.481. The summed E-state index contributed by atoms with van der Waals surface area (Å²) in [5.74, 6) is 0.481. The number of morpholine rings is 1. The minimum absolute atomic E-state index is 0.0756. The molecule has 1 fully saturated rings. The standard InChI is InChI=1S/C21H28N4O4S/c1-27-14-17-12-19(24-20(23-17)30-2)29-15-18-13-25(10-11-28-18)21(26)22-9-8-16-6-4-3-5-7-16/h3-7,12,18H,8-11,13-15H2,1-2H3,(H,22,26). The van der Waals surface area contributed by atoms with E-state index in [2.05, 4.69) is 27.4 Å². The monoisotopic (exact) mass is 432 g/mol. The molecule has 30 heavy (non-hydrogen) atoms. The van der Waals surface area contributed by atoms with Crippen LogP contribution in [0.3, 0.4) is 0 Å². The molecular weight excluding hydrogens is 404 g/mol. The Hall–Kier alpha value is -2.36. The van der Waals surface area contributed by atoms with Crippen molar-refractivity contribution in [3.05, 3.63) is 47.7 Å². The Morgan fingerprint density at radius 1 is 1.33 bits per heavy atom. The van der Waals surface area contributed by atoms with E-state index < -0.39 is 0 Å². The second-order valence-electron chi connectivity index (χ2n) is 6.83. The molecule has 1 aromatic carbocycles. The molecule has 162 valence electrons. The number of methoxy groups -OCH3 is 1. The van der Waals surface area contributed by atoms with Crippen molar-refractivity contribution in [2.24, 2.45) is 0 Å². The zero-order chi connectivity index (χ0) is 21.2. The molecule has 1 atom stereocenters. The van der Waals surface area contributed by atoms with Crippen LogP contribution in [0.5, 0.6) is 5.88 Å². The van der Waals surface area contributed by atoms with Crippen molar-refractivity contribution < 1.29 is 19.0 Å². The van der Waals surface area contributed by atoms with Crippen LogP contribution in [-0.2, 0) is 22.5 Å². The lowest BCUT2D eigenvalue weighted by atomic mass is 10.1. The molecule has 0 aliphatic carbocycles. The average molecular weight is 433 g/mol. The summed E-state index contributed by atoms with van der Waals surface area (Å²) in [5.41, 5.74) is 1.96. The van der Waals surface area contributed by atoms with Gasteiger partial charge in [0.1, 0.15) is 12.7 Å². The number of urea groups is 1. The number of hydrogen-bond donors (Lipinski definition) is 1. The van der Waals surface area contributed by atoms with Gasteiger partial charge >= 0.3 is 6.03 Å². The predicted octanol–water partition coefficient (Wildman–Crippen LogP) is 2.38. The zero-order valence-electron chi connectivity index (χ0n) is 17.4. The molecule has 2 aromatic rings. The number of nitrogens with zero attached hydrogens (tertiary/aromatic N) is 3. The van der Waals surface area contributed by atoms with Crippen LogP contribution in [0.25, 0.3) is 0 Å². The predicted molar refractivity (Wildman–Crippen MR) is 115 cm³/mol. The highest BCUT2D eigenvalue weighted by Crippen LogP contribution is 2.17. The molecule has 0 bridgehead atoms. The van der Waals surface area contributed by atoms with Crippen molar-refractivity contribution in [3.8, 4) is 5.88 Å². The number of thioether (sulfide) groups is 1. The first-order valence-corrected chi connectivity index (χ1v) is 11.1. The highest BCUT2D eigenvalue weighted by molar-refractivity contribution is 7.98. The Balaban J connectivity index is 1.46. The molecular formula is C21H28N4O4S. The molecule has 0 spiro atoms. The maximum absolute atomic E-state index is 12.5. The van der Waals surface area contributed by atoms with Gasteiger partial charge in [0.25, 0.3) is 0 Å². The first kappa shape index (κ1) is 22.3. The van der Waals surface area contributed by atoms with Gasteiger partial charge in [-0.25, -0.2) is 9.78 Å². The third-order valence-corrected chi connectivity index (χ3v) is 5.13. The molecule has 2 heterocycles. The van der Waals surface area contributed by atoms with Crippen molar-refractivity contribution in [3.63, 3.8) is 0 Å². The smallest absolute Gasteiger partial charge is 0.317 e. The molecule has 1 saturated heterocycles. The molecule has 3 rings (SSSR count). The number of nitrogens with one attached hydrogen (secondary N) is 1. The lowest BCUT2D eigenvalue weighted by Crippen LogP contribution is -2.51. The number of ether oxygens (including phenoxy) is 3. The molecule has 2 amide bonds. The van der Waals surface area contributed by atoms with E-state index in [1.54, 1.807) is 18.1 Å². The van der Waals surface area contributed by atoms with E-state index >= 15 is 0 Å². The molecule has 8 nitrogen and oxygen atoms in total. The number of benzene rings is 1. The Morgan fingerprint density at radius 3 is 2.93 bits per heavy atom. The largest absolute Gasteiger partial charge is 0.475 e. The normalized spacial score (nSPS) is 16.3. The SMILES string of the molecule is COCc1cc(OCC2CN(C(=O)NCCc3ccccc3)CCO2)nc(SC)n1. The van der Waals surface area contributed by atoms with E-state index in [0.29, 0.717) is 50.5 Å². The van der Waals surface area contributed by atoms with Crippen molar-refractivity contribution >= 4 is 17.8 Å². The third kappa shape index (κ3) is 6.86. The Labute approximate surface area is 181 Å². The van der Waals surface area contributed by atoms with Crippen LogP contribution >= 0.6 is 11.8 Å². The van der Waals surface area contributed by atoms with Crippen LogP contribution in [0.1, 0.15) is 11.3 Å². The van der Waals surface area contributed by atoms with Gasteiger partial charge in [-0.2, -0.15) is 4.98 Å². The van der Waals surface area contributed by atoms with Crippen LogP contribution in [0.15, 0.2) is 41.6 Å². The van der Waals surface area contributed by atoms with Gasteiger partial charge in [-0.1, -0.05) is 42.1 Å². The van der Waals surface area contributed by atoms with Gasteiger partial charge in [-0.3, -0.25) is 0 Å². The Bertz CT molecular complexity index is 809. The number of carbonyl (C=O) groups is 1. The molecule has 1 aliphatic heterocycles. The van der Waals surface area contributed by atoms with Crippen molar-refractivity contribution in [2.75, 3.05) is 46.2 Å². The van der Waals surface area contributed by atoms with Crippen LogP contribution in [0.2, 0.25) is 0 Å². The van der Waals surface area contributed by atoms with E-state index in [9.17, 15) is 4.79 Å². The molecule has 0 saturated carbocycles. The number of amides is 2. The number of hydrogen-bond acceptors (Lipinski definition) is 7. The Morgan fingerprint density at radius 2 is 2.17 bits per heavy atom. The summed E-state index contributed by atoms with van der Waals surface area (Å²) < 4.78 is 16.8. The van der Waals surface area contributed by atoms with Crippen LogP contribution < -0.4 is 10.1 Å². The fourth-order valence-electron chi connectivity index (χ4n) is 3.09. The van der Waals surface area contributed by atoms with Crippen molar-refractivity contribution in [1.29, 1.82) is 0 Å². The molecule has 1 aromatic heterocycles. The van der Waals surface area contributed by atoms with Crippen LogP contribution in [-0.4, -0.2) is 73.2 Å². The molecule has 0 radical (unpaired) electrons. The van der Waals surface area contributed by atoms with Crippen LogP contribution in [0.4, 0.5) is 4.79 Å². The maximum Gasteiger partial charge on any atom is 0.317 e. The maximum atomic E-state index is 12.5. The first-order chi connectivity index (χ1) is 14.7. The van der Waals surface area contributed by atoms with E-state index in [1.165, 1.54) is 17.3 Å². The van der Waals surface area contributed by atoms with Gasteiger partial charge in [-0.15, -0.1) is 0 Å². The van der Waals surface area contributed by atoms with Crippen molar-refractivity contribution in [2.45, 2.75) is 24.3 Å². The highest BCUT2D eigenvalue weighted by Gasteiger charge is 2.25. The summed E-state index contributed by atoms with van der Waals surface area (Å²) in [5, 5.41) is 3.61. The molecule has 1 N–H and O–H groups in total. The second-order valence-corrected chi connectivity index (χ2v) is 7.61. The van der Waals surface area contributed by atoms with Crippen molar-refractivity contribution in [1.82, 2.24) is 20.2 Å². The lowest BCUT2D eigenvalue weighted by Gasteiger charge is -2.32. The minimum Gasteiger partial charge on any atom is -0.475 e. The Kier molecular flexibility index (Phi) is 8.73. The summed E-state index contributed by atoms with van der Waals surface area (Å²) in [6.07, 6.45) is 2.50. The van der Waals surface area contributed by atoms with Gasteiger partial charge in [0, 0.05) is 26.3 Å². The summed E-state index contributed by atoms with van der Waals surface area (Å²) in [7, 11) is 1.62. The molecule has 1 unspecified atom stereocenters. The first-order valence-electron chi connectivity index (χ1n) is 9.90. The number of aromatic nitrogens is 2. The fraction of sp³-hybridized carbons (Fsp3) is 0.476. The van der Waals surface area contributed by atoms with E-state index in [-0.39, 0.29) is 12.1 Å². The van der Waals surface area contributed by atoms with E-state index in [0.717, 1.165) is 12.1 Å². The van der Waals surface area contributed by atoms with E-state index in [1.807, 2.05) is 24.5 Å². The summed E-state index contributed by atoms with van der Waals surface area (Å²) in [4.78, 5) is 23.0. The summed E-state index contributed by atoms with van der Waals surface area (Å²) in [6.45, 7) is 2.82. The topological polar surface area (TPSA) is 85.8 Å². The third-order valence-electron chi connectivity index (χ3n) is 4.59. The summed E-state index contributed by atoms with van der Waals surface area (Å²) >= 11 is 1.44. The molecule has 1 aliphatic rings. The highest BCUT2D eigenvalue weighted by atomic mass is 32.2. The second kappa shape index (κ2) is 11.7. The lowest BCUT2D eigenvalue weighted by molar-refractivity contribution is -0.0359. The average Bonchev–Trinajstić information content (AvgIpc) is 2.78. The molecule has 9 heteroatoms. The van der Waals surface area contributed by atoms with Gasteiger partial charge in [0.05, 0.1) is 25.5 Å². The van der Waals surface area contributed by atoms with Gasteiger partial charge in [-0.05, 0) is 18.2 Å². The van der Waals surface area contributed by atoms with Gasteiger partial charge in [0.2, 0.25) is 5.88 Å². The minimum atomic E-state index is -0.211. The van der Waals surface area contributed by atoms with Gasteiger partial charge < -0.3 is 24.4 Å².